The highest BCUT2D eigenvalue weighted by atomic mass is 14.3. The second-order valence-corrected chi connectivity index (χ2v) is 5.20. The zero-order chi connectivity index (χ0) is 14.4. The lowest BCUT2D eigenvalue weighted by molar-refractivity contribution is 0.697. The summed E-state index contributed by atoms with van der Waals surface area (Å²) < 4.78 is 0. The van der Waals surface area contributed by atoms with Crippen LogP contribution >= 0.6 is 0 Å². The van der Waals surface area contributed by atoms with Crippen LogP contribution in [0.1, 0.15) is 74.6 Å². The Morgan fingerprint density at radius 2 is 1.47 bits per heavy atom. The molecule has 0 fully saturated rings. The first-order chi connectivity index (χ1) is 9.08. The second-order valence-electron chi connectivity index (χ2n) is 5.20. The third kappa shape index (κ3) is 3.36. The van der Waals surface area contributed by atoms with Crippen LogP contribution < -0.4 is 0 Å². The zero-order valence-corrected chi connectivity index (χ0v) is 12.3. The fraction of sp³-hybridized carbons (Fsp3) is 0.529. The monoisotopic (exact) mass is 254 g/mol. The number of nitriles is 2. The van der Waals surface area contributed by atoms with Crippen molar-refractivity contribution in [2.75, 3.05) is 0 Å². The molecule has 19 heavy (non-hydrogen) atoms. The number of benzene rings is 1. The molecule has 0 saturated carbocycles. The van der Waals surface area contributed by atoms with Crippen LogP contribution in [-0.2, 0) is 6.42 Å². The van der Waals surface area contributed by atoms with Crippen LogP contribution in [0.15, 0.2) is 12.1 Å². The normalized spacial score (nSPS) is 13.4. The fourth-order valence-electron chi connectivity index (χ4n) is 2.38. The van der Waals surface area contributed by atoms with Crippen LogP contribution in [0.2, 0.25) is 0 Å². The molecule has 1 aromatic rings. The molecule has 0 radical (unpaired) electrons. The highest BCUT2D eigenvalue weighted by Crippen LogP contribution is 2.32. The molecule has 2 atom stereocenters. The maximum atomic E-state index is 9.20. The molecule has 2 heteroatoms. The standard InChI is InChI=1S/C17H22N2/c1-5-12(3)16-9-14(11-19)10-17(13(4)6-2)15(16)7-8-18/h9-10,12-13H,5-7H2,1-4H3. The van der Waals surface area contributed by atoms with Crippen molar-refractivity contribution in [3.63, 3.8) is 0 Å². The lowest BCUT2D eigenvalue weighted by Crippen LogP contribution is -2.06. The molecule has 0 heterocycles. The molecule has 0 N–H and O–H groups in total. The molecular formula is C17H22N2. The largest absolute Gasteiger partial charge is 0.198 e. The Morgan fingerprint density at radius 3 is 1.79 bits per heavy atom. The van der Waals surface area contributed by atoms with E-state index in [1.807, 2.05) is 12.1 Å². The van der Waals surface area contributed by atoms with Gasteiger partial charge >= 0.3 is 0 Å². The van der Waals surface area contributed by atoms with Gasteiger partial charge in [0, 0.05) is 0 Å². The Balaban J connectivity index is 3.51. The molecule has 0 bridgehead atoms. The zero-order valence-electron chi connectivity index (χ0n) is 12.3. The molecule has 0 saturated heterocycles. The van der Waals surface area contributed by atoms with Crippen LogP contribution in [-0.4, -0.2) is 0 Å². The van der Waals surface area contributed by atoms with Crippen LogP contribution in [0.4, 0.5) is 0 Å². The molecule has 2 unspecified atom stereocenters. The summed E-state index contributed by atoms with van der Waals surface area (Å²) in [7, 11) is 0. The van der Waals surface area contributed by atoms with Crippen molar-refractivity contribution < 1.29 is 0 Å². The van der Waals surface area contributed by atoms with E-state index < -0.39 is 0 Å². The first-order valence-corrected chi connectivity index (χ1v) is 7.02. The topological polar surface area (TPSA) is 47.6 Å². The van der Waals surface area contributed by atoms with E-state index in [1.165, 1.54) is 11.1 Å². The molecule has 0 spiro atoms. The number of hydrogen-bond donors (Lipinski definition) is 0. The number of nitrogens with zero attached hydrogens (tertiary/aromatic N) is 2. The Labute approximate surface area is 116 Å². The molecule has 0 aliphatic carbocycles. The minimum absolute atomic E-state index is 0.388. The van der Waals surface area contributed by atoms with Gasteiger partial charge in [-0.25, -0.2) is 0 Å². The molecule has 100 valence electrons. The average molecular weight is 254 g/mol. The SMILES string of the molecule is CCC(C)c1cc(C#N)cc(C(C)CC)c1CC#N. The van der Waals surface area contributed by atoms with E-state index in [-0.39, 0.29) is 0 Å². The van der Waals surface area contributed by atoms with Crippen LogP contribution in [0.25, 0.3) is 0 Å². The van der Waals surface area contributed by atoms with Crippen LogP contribution in [0.5, 0.6) is 0 Å². The van der Waals surface area contributed by atoms with Crippen LogP contribution in [0.3, 0.4) is 0 Å². The third-order valence-corrected chi connectivity index (χ3v) is 3.99. The third-order valence-electron chi connectivity index (χ3n) is 3.99. The van der Waals surface area contributed by atoms with Gasteiger partial charge in [0.05, 0.1) is 24.1 Å². The van der Waals surface area contributed by atoms with Gasteiger partial charge in [-0.2, -0.15) is 10.5 Å². The Kier molecular flexibility index (Phi) is 5.58. The van der Waals surface area contributed by atoms with Crippen molar-refractivity contribution >= 4 is 0 Å². The summed E-state index contributed by atoms with van der Waals surface area (Å²) >= 11 is 0. The fourth-order valence-corrected chi connectivity index (χ4v) is 2.38. The van der Waals surface area contributed by atoms with Gasteiger partial charge in [-0.1, -0.05) is 27.7 Å². The lowest BCUT2D eigenvalue weighted by Gasteiger charge is -2.21. The van der Waals surface area contributed by atoms with Gasteiger partial charge < -0.3 is 0 Å². The highest BCUT2D eigenvalue weighted by molar-refractivity contribution is 5.47. The van der Waals surface area contributed by atoms with Gasteiger partial charge in [-0.3, -0.25) is 0 Å². The van der Waals surface area contributed by atoms with Crippen molar-refractivity contribution in [1.29, 1.82) is 10.5 Å². The van der Waals surface area contributed by atoms with Crippen molar-refractivity contribution in [3.8, 4) is 12.1 Å². The van der Waals surface area contributed by atoms with Crippen molar-refractivity contribution in [2.24, 2.45) is 0 Å². The van der Waals surface area contributed by atoms with Gasteiger partial charge in [0.1, 0.15) is 0 Å². The van der Waals surface area contributed by atoms with Gasteiger partial charge in [-0.15, -0.1) is 0 Å². The van der Waals surface area contributed by atoms with Crippen molar-refractivity contribution in [3.05, 3.63) is 34.4 Å². The lowest BCUT2D eigenvalue weighted by atomic mass is 9.83. The summed E-state index contributed by atoms with van der Waals surface area (Å²) in [6, 6.07) is 8.46. The highest BCUT2D eigenvalue weighted by Gasteiger charge is 2.17. The molecular weight excluding hydrogens is 232 g/mol. The quantitative estimate of drug-likeness (QED) is 0.767. The Morgan fingerprint density at radius 1 is 1.00 bits per heavy atom. The summed E-state index contributed by atoms with van der Waals surface area (Å²) in [5.74, 6) is 0.777. The summed E-state index contributed by atoms with van der Waals surface area (Å²) in [6.07, 6.45) is 2.48. The van der Waals surface area contributed by atoms with Gasteiger partial charge in [0.15, 0.2) is 0 Å². The van der Waals surface area contributed by atoms with E-state index in [2.05, 4.69) is 39.8 Å². The molecule has 0 aliphatic rings. The first-order valence-electron chi connectivity index (χ1n) is 7.02. The minimum Gasteiger partial charge on any atom is -0.198 e. The van der Waals surface area contributed by atoms with E-state index >= 15 is 0 Å². The molecule has 1 aromatic carbocycles. The molecule has 0 aromatic heterocycles. The number of hydrogen-bond acceptors (Lipinski definition) is 2. The van der Waals surface area contributed by atoms with E-state index in [4.69, 9.17) is 5.26 Å². The Hall–Kier alpha value is -1.80. The van der Waals surface area contributed by atoms with Gasteiger partial charge in [0.2, 0.25) is 0 Å². The van der Waals surface area contributed by atoms with E-state index in [0.29, 0.717) is 23.8 Å². The minimum atomic E-state index is 0.388. The predicted molar refractivity (Wildman–Crippen MR) is 77.9 cm³/mol. The molecule has 0 aliphatic heterocycles. The summed E-state index contributed by atoms with van der Waals surface area (Å²) in [6.45, 7) is 8.61. The average Bonchev–Trinajstić information content (AvgIpc) is 2.45. The number of rotatable bonds is 5. The summed E-state index contributed by atoms with van der Waals surface area (Å²) in [5, 5.41) is 18.3. The molecule has 1 rings (SSSR count). The maximum Gasteiger partial charge on any atom is 0.0991 e. The smallest absolute Gasteiger partial charge is 0.0991 e. The maximum absolute atomic E-state index is 9.20. The predicted octanol–water partition coefficient (Wildman–Crippen LogP) is 4.65. The van der Waals surface area contributed by atoms with E-state index in [0.717, 1.165) is 18.4 Å². The van der Waals surface area contributed by atoms with E-state index in [1.54, 1.807) is 0 Å². The first kappa shape index (κ1) is 15.3. The summed E-state index contributed by atoms with van der Waals surface area (Å²) in [5.41, 5.74) is 4.22. The molecule has 0 amide bonds. The molecule has 2 nitrogen and oxygen atoms in total. The summed E-state index contributed by atoms with van der Waals surface area (Å²) in [4.78, 5) is 0. The van der Waals surface area contributed by atoms with Crippen molar-refractivity contribution in [2.45, 2.75) is 58.8 Å². The second kappa shape index (κ2) is 6.95. The van der Waals surface area contributed by atoms with E-state index in [9.17, 15) is 5.26 Å². The van der Waals surface area contributed by atoms with Crippen LogP contribution in [0, 0.1) is 22.7 Å². The van der Waals surface area contributed by atoms with Gasteiger partial charge in [-0.05, 0) is 53.5 Å². The Bertz CT molecular complexity index is 486. The van der Waals surface area contributed by atoms with Gasteiger partial charge in [0.25, 0.3) is 0 Å². The van der Waals surface area contributed by atoms with Crippen molar-refractivity contribution in [1.82, 2.24) is 0 Å².